The van der Waals surface area contributed by atoms with E-state index in [2.05, 4.69) is 28.5 Å². The molecule has 0 spiro atoms. The van der Waals surface area contributed by atoms with Crippen LogP contribution in [-0.4, -0.2) is 16.5 Å². The van der Waals surface area contributed by atoms with Gasteiger partial charge in [-0.3, -0.25) is 4.98 Å². The Bertz CT molecular complexity index is 1110. The number of thioether (sulfide) groups is 1. The van der Waals surface area contributed by atoms with Crippen molar-refractivity contribution in [3.05, 3.63) is 76.7 Å². The van der Waals surface area contributed by atoms with Crippen LogP contribution >= 0.6 is 11.8 Å². The maximum Gasteiger partial charge on any atom is 0.266 e. The van der Waals surface area contributed by atoms with E-state index >= 15 is 0 Å². The number of alkyl halides is 2. The van der Waals surface area contributed by atoms with E-state index in [0.717, 1.165) is 51.8 Å². The fraction of sp³-hybridized carbons (Fsp3) is 0.292. The third kappa shape index (κ3) is 4.19. The first-order valence-corrected chi connectivity index (χ1v) is 11.1. The number of pyridine rings is 1. The molecule has 0 saturated carbocycles. The molecular formula is C24H23F3N2S. The molecule has 0 fully saturated rings. The van der Waals surface area contributed by atoms with Gasteiger partial charge in [-0.1, -0.05) is 30.3 Å². The van der Waals surface area contributed by atoms with Crippen molar-refractivity contribution >= 4 is 33.9 Å². The van der Waals surface area contributed by atoms with Crippen LogP contribution in [0.2, 0.25) is 0 Å². The Kier molecular flexibility index (Phi) is 6.04. The van der Waals surface area contributed by atoms with Crippen molar-refractivity contribution in [3.63, 3.8) is 0 Å². The summed E-state index contributed by atoms with van der Waals surface area (Å²) in [7, 11) is 0. The molecule has 6 heteroatoms. The van der Waals surface area contributed by atoms with Crippen LogP contribution in [0.5, 0.6) is 0 Å². The highest BCUT2D eigenvalue weighted by molar-refractivity contribution is 7.99. The number of aromatic nitrogens is 1. The molecule has 1 aliphatic rings. The molecule has 156 valence electrons. The largest absolute Gasteiger partial charge is 0.378 e. The zero-order valence-corrected chi connectivity index (χ0v) is 17.7. The summed E-state index contributed by atoms with van der Waals surface area (Å²) in [6, 6.07) is 11.8. The van der Waals surface area contributed by atoms with Crippen LogP contribution in [0.1, 0.15) is 48.2 Å². The summed E-state index contributed by atoms with van der Waals surface area (Å²) in [4.78, 5) is 4.62. The van der Waals surface area contributed by atoms with Crippen molar-refractivity contribution in [2.45, 2.75) is 32.7 Å². The monoisotopic (exact) mass is 428 g/mol. The Labute approximate surface area is 178 Å². The SMILES string of the molecule is Cc1cc(N[C@H](C)c2cccc(C(F)F)c2F)c2cc(C3=CCSCC3)ccc2n1. The van der Waals surface area contributed by atoms with Gasteiger partial charge in [0.2, 0.25) is 0 Å². The van der Waals surface area contributed by atoms with Crippen molar-refractivity contribution in [3.8, 4) is 0 Å². The van der Waals surface area contributed by atoms with Crippen molar-refractivity contribution in [1.29, 1.82) is 0 Å². The number of rotatable bonds is 5. The average Bonchev–Trinajstić information content (AvgIpc) is 2.74. The van der Waals surface area contributed by atoms with Crippen LogP contribution in [0, 0.1) is 12.7 Å². The van der Waals surface area contributed by atoms with E-state index in [-0.39, 0.29) is 5.56 Å². The molecule has 0 amide bonds. The lowest BCUT2D eigenvalue weighted by Gasteiger charge is -2.20. The highest BCUT2D eigenvalue weighted by atomic mass is 32.2. The van der Waals surface area contributed by atoms with Crippen LogP contribution < -0.4 is 5.32 Å². The van der Waals surface area contributed by atoms with Gasteiger partial charge in [-0.2, -0.15) is 11.8 Å². The smallest absolute Gasteiger partial charge is 0.266 e. The predicted octanol–water partition coefficient (Wildman–Crippen LogP) is 7.31. The lowest BCUT2D eigenvalue weighted by atomic mass is 9.99. The second kappa shape index (κ2) is 8.72. The Morgan fingerprint density at radius 2 is 1.90 bits per heavy atom. The summed E-state index contributed by atoms with van der Waals surface area (Å²) in [5.41, 5.74) is 4.64. The first-order chi connectivity index (χ1) is 14.4. The number of nitrogens with one attached hydrogen (secondary N) is 1. The van der Waals surface area contributed by atoms with Gasteiger partial charge in [0.05, 0.1) is 17.1 Å². The van der Waals surface area contributed by atoms with E-state index in [9.17, 15) is 13.2 Å². The number of halogens is 3. The Morgan fingerprint density at radius 3 is 2.63 bits per heavy atom. The number of aryl methyl sites for hydroxylation is 1. The number of hydrogen-bond donors (Lipinski definition) is 1. The Balaban J connectivity index is 1.73. The third-order valence-electron chi connectivity index (χ3n) is 5.40. The minimum Gasteiger partial charge on any atom is -0.378 e. The van der Waals surface area contributed by atoms with Gasteiger partial charge < -0.3 is 5.32 Å². The number of benzene rings is 2. The van der Waals surface area contributed by atoms with Crippen LogP contribution in [0.3, 0.4) is 0 Å². The highest BCUT2D eigenvalue weighted by Gasteiger charge is 2.20. The lowest BCUT2D eigenvalue weighted by Crippen LogP contribution is -2.11. The number of anilines is 1. The van der Waals surface area contributed by atoms with Crippen LogP contribution in [-0.2, 0) is 0 Å². The molecule has 3 aromatic rings. The first-order valence-electron chi connectivity index (χ1n) is 9.95. The molecule has 1 aliphatic heterocycles. The van der Waals surface area contributed by atoms with E-state index in [1.165, 1.54) is 11.6 Å². The van der Waals surface area contributed by atoms with Gasteiger partial charge in [0, 0.05) is 28.1 Å². The van der Waals surface area contributed by atoms with E-state index in [4.69, 9.17) is 0 Å². The molecule has 2 heterocycles. The average molecular weight is 429 g/mol. The van der Waals surface area contributed by atoms with Crippen molar-refractivity contribution in [1.82, 2.24) is 4.98 Å². The number of hydrogen-bond acceptors (Lipinski definition) is 3. The first kappa shape index (κ1) is 20.8. The van der Waals surface area contributed by atoms with Crippen LogP contribution in [0.15, 0.2) is 48.5 Å². The van der Waals surface area contributed by atoms with E-state index in [0.29, 0.717) is 0 Å². The van der Waals surface area contributed by atoms with Gasteiger partial charge in [0.15, 0.2) is 0 Å². The fourth-order valence-corrected chi connectivity index (χ4v) is 4.70. The lowest BCUT2D eigenvalue weighted by molar-refractivity contribution is 0.146. The Morgan fingerprint density at radius 1 is 1.10 bits per heavy atom. The zero-order chi connectivity index (χ0) is 21.3. The molecule has 0 bridgehead atoms. The topological polar surface area (TPSA) is 24.9 Å². The van der Waals surface area contributed by atoms with Gasteiger partial charge in [-0.05, 0) is 55.4 Å². The van der Waals surface area contributed by atoms with E-state index in [1.54, 1.807) is 13.0 Å². The van der Waals surface area contributed by atoms with Gasteiger partial charge in [-0.25, -0.2) is 13.2 Å². The number of allylic oxidation sites excluding steroid dienone is 1. The molecular weight excluding hydrogens is 405 g/mol. The van der Waals surface area contributed by atoms with E-state index < -0.39 is 23.8 Å². The summed E-state index contributed by atoms with van der Waals surface area (Å²) in [6.07, 6.45) is 0.448. The molecule has 2 nitrogen and oxygen atoms in total. The van der Waals surface area contributed by atoms with Crippen molar-refractivity contribution in [2.75, 3.05) is 16.8 Å². The normalized spacial score (nSPS) is 15.3. The molecule has 1 N–H and O–H groups in total. The standard InChI is InChI=1S/C24H23F3N2S/c1-14-12-22(29-15(2)18-4-3-5-19(23(18)25)24(26)27)20-13-17(6-7-21(20)28-14)16-8-10-30-11-9-16/h3-8,12-13,15,24H,9-11H2,1-2H3,(H,28,29)/t15-/m1/s1. The molecule has 1 aromatic heterocycles. The number of nitrogens with zero attached hydrogens (tertiary/aromatic N) is 1. The predicted molar refractivity (Wildman–Crippen MR) is 120 cm³/mol. The summed E-state index contributed by atoms with van der Waals surface area (Å²) in [6.45, 7) is 3.68. The molecule has 30 heavy (non-hydrogen) atoms. The fourth-order valence-electron chi connectivity index (χ4n) is 3.85. The van der Waals surface area contributed by atoms with Gasteiger partial charge in [0.25, 0.3) is 6.43 Å². The molecule has 1 atom stereocenters. The minimum absolute atomic E-state index is 0.221. The van der Waals surface area contributed by atoms with Gasteiger partial charge >= 0.3 is 0 Å². The summed E-state index contributed by atoms with van der Waals surface area (Å²) in [5.74, 6) is 1.27. The molecule has 0 unspecified atom stereocenters. The third-order valence-corrected chi connectivity index (χ3v) is 6.30. The van der Waals surface area contributed by atoms with Crippen molar-refractivity contribution in [2.24, 2.45) is 0 Å². The molecule has 0 saturated heterocycles. The molecule has 0 aliphatic carbocycles. The highest BCUT2D eigenvalue weighted by Crippen LogP contribution is 2.34. The molecule has 0 radical (unpaired) electrons. The Hall–Kier alpha value is -2.47. The second-order valence-corrected chi connectivity index (χ2v) is 8.66. The van der Waals surface area contributed by atoms with Gasteiger partial charge in [-0.15, -0.1) is 0 Å². The quantitative estimate of drug-likeness (QED) is 0.461. The molecule has 2 aromatic carbocycles. The maximum absolute atomic E-state index is 14.6. The number of fused-ring (bicyclic) bond motifs is 1. The second-order valence-electron chi connectivity index (χ2n) is 7.51. The molecule has 4 rings (SSSR count). The summed E-state index contributed by atoms with van der Waals surface area (Å²) >= 11 is 1.92. The van der Waals surface area contributed by atoms with Gasteiger partial charge in [0.1, 0.15) is 5.82 Å². The van der Waals surface area contributed by atoms with Crippen LogP contribution in [0.4, 0.5) is 18.9 Å². The summed E-state index contributed by atoms with van der Waals surface area (Å²) in [5, 5.41) is 4.27. The maximum atomic E-state index is 14.6. The minimum atomic E-state index is -2.84. The van der Waals surface area contributed by atoms with Crippen molar-refractivity contribution < 1.29 is 13.2 Å². The van der Waals surface area contributed by atoms with E-state index in [1.807, 2.05) is 30.8 Å². The summed E-state index contributed by atoms with van der Waals surface area (Å²) < 4.78 is 40.8. The van der Waals surface area contributed by atoms with Crippen LogP contribution in [0.25, 0.3) is 16.5 Å². The zero-order valence-electron chi connectivity index (χ0n) is 16.9.